The van der Waals surface area contributed by atoms with Gasteiger partial charge in [0, 0.05) is 19.6 Å². The minimum atomic E-state index is 0.128. The highest BCUT2D eigenvalue weighted by Crippen LogP contribution is 2.29. The zero-order valence-corrected chi connectivity index (χ0v) is 11.7. The van der Waals surface area contributed by atoms with Crippen LogP contribution in [0.15, 0.2) is 30.3 Å². The average molecular weight is 260 g/mol. The SMILES string of the molecule is C[N-][C@@H](c1ccccc1)[C@@H](C)CN1CCNC(=O)C1. The van der Waals surface area contributed by atoms with Gasteiger partial charge < -0.3 is 10.6 Å². The number of nitrogens with one attached hydrogen (secondary N) is 1. The molecule has 1 fully saturated rings. The fourth-order valence-electron chi connectivity index (χ4n) is 2.74. The van der Waals surface area contributed by atoms with E-state index in [1.54, 1.807) is 0 Å². The predicted molar refractivity (Wildman–Crippen MR) is 77.1 cm³/mol. The van der Waals surface area contributed by atoms with E-state index in [1.165, 1.54) is 5.56 Å². The van der Waals surface area contributed by atoms with E-state index in [1.807, 2.05) is 13.1 Å². The largest absolute Gasteiger partial charge is 0.658 e. The van der Waals surface area contributed by atoms with Crippen LogP contribution >= 0.6 is 0 Å². The summed E-state index contributed by atoms with van der Waals surface area (Å²) in [4.78, 5) is 13.6. The van der Waals surface area contributed by atoms with Crippen molar-refractivity contribution < 1.29 is 4.79 Å². The van der Waals surface area contributed by atoms with Crippen LogP contribution in [0.25, 0.3) is 5.32 Å². The number of hydrogen-bond acceptors (Lipinski definition) is 2. The molecule has 104 valence electrons. The topological polar surface area (TPSA) is 46.4 Å². The molecule has 0 aliphatic carbocycles. The van der Waals surface area contributed by atoms with E-state index in [0.29, 0.717) is 12.5 Å². The normalized spacial score (nSPS) is 19.8. The molecule has 19 heavy (non-hydrogen) atoms. The fourth-order valence-corrected chi connectivity index (χ4v) is 2.74. The molecule has 0 saturated carbocycles. The molecular formula is C15H22N3O-. The Morgan fingerprint density at radius 1 is 1.37 bits per heavy atom. The lowest BCUT2D eigenvalue weighted by Gasteiger charge is -2.38. The van der Waals surface area contributed by atoms with Crippen LogP contribution < -0.4 is 5.32 Å². The third-order valence-electron chi connectivity index (χ3n) is 3.62. The minimum Gasteiger partial charge on any atom is -0.658 e. The van der Waals surface area contributed by atoms with Crippen molar-refractivity contribution in [2.24, 2.45) is 5.92 Å². The summed E-state index contributed by atoms with van der Waals surface area (Å²) in [7, 11) is 1.87. The Kier molecular flexibility index (Phi) is 4.93. The third kappa shape index (κ3) is 3.78. The van der Waals surface area contributed by atoms with Crippen molar-refractivity contribution >= 4 is 5.91 Å². The number of carbonyl (C=O) groups excluding carboxylic acids is 1. The van der Waals surface area contributed by atoms with E-state index < -0.39 is 0 Å². The molecule has 1 aromatic carbocycles. The summed E-state index contributed by atoms with van der Waals surface area (Å²) in [6.45, 7) is 5.31. The summed E-state index contributed by atoms with van der Waals surface area (Å²) >= 11 is 0. The molecule has 0 aromatic heterocycles. The number of benzene rings is 1. The highest BCUT2D eigenvalue weighted by molar-refractivity contribution is 5.78. The quantitative estimate of drug-likeness (QED) is 0.877. The van der Waals surface area contributed by atoms with Gasteiger partial charge in [-0.15, -0.1) is 6.04 Å². The summed E-state index contributed by atoms with van der Waals surface area (Å²) in [5, 5.41) is 7.37. The van der Waals surface area contributed by atoms with E-state index in [-0.39, 0.29) is 11.9 Å². The summed E-state index contributed by atoms with van der Waals surface area (Å²) in [5.74, 6) is 0.529. The monoisotopic (exact) mass is 260 g/mol. The maximum absolute atomic E-state index is 11.4. The summed E-state index contributed by atoms with van der Waals surface area (Å²) in [6.07, 6.45) is 0. The Labute approximate surface area is 115 Å². The summed E-state index contributed by atoms with van der Waals surface area (Å²) < 4.78 is 0. The van der Waals surface area contributed by atoms with Gasteiger partial charge in [0.25, 0.3) is 0 Å². The Bertz CT molecular complexity index is 407. The van der Waals surface area contributed by atoms with Crippen molar-refractivity contribution in [3.05, 3.63) is 41.2 Å². The van der Waals surface area contributed by atoms with E-state index >= 15 is 0 Å². The van der Waals surface area contributed by atoms with E-state index in [0.717, 1.165) is 19.6 Å². The van der Waals surface area contributed by atoms with Crippen LogP contribution in [0.4, 0.5) is 0 Å². The fraction of sp³-hybridized carbons (Fsp3) is 0.533. The molecule has 2 atom stereocenters. The predicted octanol–water partition coefficient (Wildman–Crippen LogP) is 1.80. The lowest BCUT2D eigenvalue weighted by molar-refractivity contribution is -0.124. The number of piperazine rings is 1. The molecule has 1 saturated heterocycles. The minimum absolute atomic E-state index is 0.128. The van der Waals surface area contributed by atoms with Gasteiger partial charge in [0.15, 0.2) is 0 Å². The van der Waals surface area contributed by atoms with Crippen LogP contribution in [0.1, 0.15) is 18.5 Å². The van der Waals surface area contributed by atoms with Crippen LogP contribution in [0, 0.1) is 5.92 Å². The van der Waals surface area contributed by atoms with Gasteiger partial charge in [-0.2, -0.15) is 7.05 Å². The van der Waals surface area contributed by atoms with Gasteiger partial charge in [0.2, 0.25) is 5.91 Å². The molecule has 0 unspecified atom stereocenters. The van der Waals surface area contributed by atoms with Gasteiger partial charge in [-0.05, 0) is 5.92 Å². The third-order valence-corrected chi connectivity index (χ3v) is 3.62. The lowest BCUT2D eigenvalue weighted by Crippen LogP contribution is -2.49. The highest BCUT2D eigenvalue weighted by atomic mass is 16.2. The molecule has 1 aliphatic rings. The van der Waals surface area contributed by atoms with Gasteiger partial charge >= 0.3 is 0 Å². The van der Waals surface area contributed by atoms with Crippen molar-refractivity contribution in [1.29, 1.82) is 0 Å². The van der Waals surface area contributed by atoms with Crippen LogP contribution in [0.3, 0.4) is 0 Å². The molecule has 2 rings (SSSR count). The van der Waals surface area contributed by atoms with Crippen molar-refractivity contribution in [2.75, 3.05) is 33.2 Å². The average Bonchev–Trinajstić information content (AvgIpc) is 2.41. The molecule has 1 N–H and O–H groups in total. The second-order valence-corrected chi connectivity index (χ2v) is 5.18. The smallest absolute Gasteiger partial charge is 0.234 e. The Balaban J connectivity index is 1.97. The van der Waals surface area contributed by atoms with E-state index in [2.05, 4.69) is 46.7 Å². The Morgan fingerprint density at radius 3 is 2.74 bits per heavy atom. The first-order chi connectivity index (χ1) is 9.20. The molecule has 1 aliphatic heterocycles. The van der Waals surface area contributed by atoms with Crippen molar-refractivity contribution in [3.8, 4) is 0 Å². The van der Waals surface area contributed by atoms with Crippen LogP contribution in [-0.4, -0.2) is 44.0 Å². The number of nitrogens with zero attached hydrogens (tertiary/aromatic N) is 2. The molecule has 0 radical (unpaired) electrons. The Hall–Kier alpha value is -1.39. The van der Waals surface area contributed by atoms with Gasteiger partial charge in [0.05, 0.1) is 6.54 Å². The van der Waals surface area contributed by atoms with Gasteiger partial charge in [-0.25, -0.2) is 0 Å². The molecule has 4 heteroatoms. The first-order valence-corrected chi connectivity index (χ1v) is 6.83. The molecule has 1 amide bonds. The molecule has 4 nitrogen and oxygen atoms in total. The highest BCUT2D eigenvalue weighted by Gasteiger charge is 2.19. The van der Waals surface area contributed by atoms with Crippen molar-refractivity contribution in [2.45, 2.75) is 13.0 Å². The first-order valence-electron chi connectivity index (χ1n) is 6.83. The van der Waals surface area contributed by atoms with Gasteiger partial charge in [-0.3, -0.25) is 9.69 Å². The van der Waals surface area contributed by atoms with Crippen LogP contribution in [0.2, 0.25) is 0 Å². The molecule has 0 bridgehead atoms. The number of carbonyl (C=O) groups is 1. The first kappa shape index (κ1) is 14.0. The van der Waals surface area contributed by atoms with E-state index in [9.17, 15) is 4.79 Å². The summed E-state index contributed by atoms with van der Waals surface area (Å²) in [6, 6.07) is 10.6. The zero-order valence-electron chi connectivity index (χ0n) is 11.7. The Morgan fingerprint density at radius 2 is 2.11 bits per heavy atom. The van der Waals surface area contributed by atoms with Gasteiger partial charge in [0.1, 0.15) is 0 Å². The lowest BCUT2D eigenvalue weighted by atomic mass is 9.94. The molecule has 1 heterocycles. The van der Waals surface area contributed by atoms with Crippen molar-refractivity contribution in [1.82, 2.24) is 10.2 Å². The second kappa shape index (κ2) is 6.68. The zero-order chi connectivity index (χ0) is 13.7. The van der Waals surface area contributed by atoms with Gasteiger partial charge in [-0.1, -0.05) is 42.8 Å². The molecular weight excluding hydrogens is 238 g/mol. The van der Waals surface area contributed by atoms with E-state index in [4.69, 9.17) is 0 Å². The van der Waals surface area contributed by atoms with Crippen LogP contribution in [0.5, 0.6) is 0 Å². The number of rotatable bonds is 5. The molecule has 1 aromatic rings. The van der Waals surface area contributed by atoms with Crippen molar-refractivity contribution in [3.63, 3.8) is 0 Å². The standard InChI is InChI=1S/C15H22N3O/c1-12(10-18-9-8-17-14(19)11-18)15(16-2)13-6-4-3-5-7-13/h3-7,12,15H,8-11H2,1-2H3,(H,17,19)/q-1/t12-,15+/m0/s1. The maximum atomic E-state index is 11.4. The maximum Gasteiger partial charge on any atom is 0.234 e. The molecule has 0 spiro atoms. The number of hydrogen-bond donors (Lipinski definition) is 1. The second-order valence-electron chi connectivity index (χ2n) is 5.18. The van der Waals surface area contributed by atoms with Crippen LogP contribution in [-0.2, 0) is 4.79 Å². The summed E-state index contributed by atoms with van der Waals surface area (Å²) in [5.41, 5.74) is 1.25. The number of amides is 1.